The molecule has 0 saturated heterocycles. The van der Waals surface area contributed by atoms with Crippen LogP contribution in [0.2, 0.25) is 0 Å². The summed E-state index contributed by atoms with van der Waals surface area (Å²) in [4.78, 5) is 25.4. The van der Waals surface area contributed by atoms with Crippen molar-refractivity contribution < 1.29 is 14.3 Å². The zero-order valence-electron chi connectivity index (χ0n) is 12.7. The number of Topliss-reactive ketones (excluding diaryl/α,β-unsaturated/α-hetero) is 1. The van der Waals surface area contributed by atoms with E-state index in [1.165, 1.54) is 7.11 Å². The number of fused-ring (bicyclic) bond motifs is 2. The van der Waals surface area contributed by atoms with Gasteiger partial charge in [-0.2, -0.15) is 0 Å². The minimum absolute atomic E-state index is 0.0397. The summed E-state index contributed by atoms with van der Waals surface area (Å²) < 4.78 is 4.92. The zero-order chi connectivity index (χ0) is 15.8. The predicted octanol–water partition coefficient (Wildman–Crippen LogP) is 2.36. The summed E-state index contributed by atoms with van der Waals surface area (Å²) in [6.07, 6.45) is 13.8. The van der Waals surface area contributed by atoms with E-state index in [1.807, 2.05) is 6.08 Å². The number of hydrogen-bond acceptors (Lipinski definition) is 3. The van der Waals surface area contributed by atoms with Gasteiger partial charge in [0.1, 0.15) is 0 Å². The quantitative estimate of drug-likeness (QED) is 0.346. The average Bonchev–Trinajstić information content (AvgIpc) is 2.45. The zero-order valence-corrected chi connectivity index (χ0v) is 12.7. The lowest BCUT2D eigenvalue weighted by Crippen LogP contribution is -2.64. The van der Waals surface area contributed by atoms with Crippen molar-refractivity contribution >= 4 is 11.8 Å². The van der Waals surface area contributed by atoms with Crippen LogP contribution in [-0.2, 0) is 14.3 Å². The van der Waals surface area contributed by atoms with Crippen LogP contribution in [0.3, 0.4) is 0 Å². The molecule has 3 nitrogen and oxygen atoms in total. The van der Waals surface area contributed by atoms with Gasteiger partial charge in [-0.15, -0.1) is 24.7 Å². The molecule has 3 aliphatic rings. The second kappa shape index (κ2) is 5.08. The Morgan fingerprint density at radius 2 is 2.05 bits per heavy atom. The molecule has 0 aromatic rings. The predicted molar refractivity (Wildman–Crippen MR) is 79.8 cm³/mol. The fourth-order valence-electron chi connectivity index (χ4n) is 3.93. The lowest BCUT2D eigenvalue weighted by molar-refractivity contribution is -0.171. The highest BCUT2D eigenvalue weighted by Crippen LogP contribution is 2.65. The Morgan fingerprint density at radius 1 is 1.38 bits per heavy atom. The van der Waals surface area contributed by atoms with Gasteiger partial charge in [-0.05, 0) is 23.3 Å². The lowest BCUT2D eigenvalue weighted by Gasteiger charge is -2.61. The summed E-state index contributed by atoms with van der Waals surface area (Å²) in [5.41, 5.74) is -0.713. The second-order valence-electron chi connectivity index (χ2n) is 6.37. The number of ether oxygens (including phenoxy) is 1. The number of allylic oxidation sites excluding steroid dienone is 1. The van der Waals surface area contributed by atoms with Gasteiger partial charge in [0.2, 0.25) is 0 Å². The highest BCUT2D eigenvalue weighted by Gasteiger charge is 2.68. The average molecular weight is 284 g/mol. The standard InChI is InChI=1S/C18H20O3/c1-6-8-9-12-13-11-14(17(13,3)4)15(19)18(12,10-7-2)16(20)21-5/h1-2,9,13-14H,8,10-11H2,3-5H3/b12-9+/t13-,14+,18-/m0/s1. The second-order valence-corrected chi connectivity index (χ2v) is 6.37. The first kappa shape index (κ1) is 15.4. The van der Waals surface area contributed by atoms with E-state index in [2.05, 4.69) is 25.7 Å². The fraction of sp³-hybridized carbons (Fsp3) is 0.556. The molecule has 0 heterocycles. The Kier molecular flexibility index (Phi) is 3.72. The number of methoxy groups -OCH3 is 1. The number of carbonyl (C=O) groups is 2. The van der Waals surface area contributed by atoms with E-state index in [4.69, 9.17) is 17.6 Å². The molecule has 3 atom stereocenters. The molecule has 3 rings (SSSR count). The Balaban J connectivity index is 2.62. The van der Waals surface area contributed by atoms with Crippen LogP contribution >= 0.6 is 0 Å². The molecule has 0 unspecified atom stereocenters. The van der Waals surface area contributed by atoms with Crippen LogP contribution in [0.25, 0.3) is 0 Å². The topological polar surface area (TPSA) is 43.4 Å². The summed E-state index contributed by atoms with van der Waals surface area (Å²) >= 11 is 0. The Hall–Kier alpha value is -2.00. The van der Waals surface area contributed by atoms with Crippen molar-refractivity contribution in [2.75, 3.05) is 7.11 Å². The van der Waals surface area contributed by atoms with Crippen LogP contribution in [0.1, 0.15) is 33.1 Å². The van der Waals surface area contributed by atoms with E-state index in [0.717, 1.165) is 12.0 Å². The van der Waals surface area contributed by atoms with Gasteiger partial charge in [0.15, 0.2) is 11.2 Å². The first-order valence-corrected chi connectivity index (χ1v) is 7.08. The van der Waals surface area contributed by atoms with Crippen LogP contribution in [0.15, 0.2) is 11.6 Å². The molecule has 3 heteroatoms. The van der Waals surface area contributed by atoms with E-state index in [1.54, 1.807) is 0 Å². The largest absolute Gasteiger partial charge is 0.468 e. The summed E-state index contributed by atoms with van der Waals surface area (Å²) in [6, 6.07) is 0. The molecular formula is C18H20O3. The summed E-state index contributed by atoms with van der Waals surface area (Å²) in [6.45, 7) is 4.12. The van der Waals surface area contributed by atoms with Gasteiger partial charge in [-0.25, -0.2) is 0 Å². The molecule has 2 bridgehead atoms. The Labute approximate surface area is 126 Å². The number of esters is 1. The molecule has 0 amide bonds. The summed E-state index contributed by atoms with van der Waals surface area (Å²) in [7, 11) is 1.29. The number of hydrogen-bond donors (Lipinski definition) is 0. The number of carbonyl (C=O) groups excluding carboxylic acids is 2. The van der Waals surface area contributed by atoms with Gasteiger partial charge in [0.05, 0.1) is 7.11 Å². The van der Waals surface area contributed by atoms with Crippen LogP contribution in [0, 0.1) is 47.4 Å². The molecule has 0 aromatic carbocycles. The van der Waals surface area contributed by atoms with Gasteiger partial charge < -0.3 is 4.74 Å². The van der Waals surface area contributed by atoms with Gasteiger partial charge in [-0.1, -0.05) is 19.9 Å². The van der Waals surface area contributed by atoms with Crippen molar-refractivity contribution in [3.63, 3.8) is 0 Å². The van der Waals surface area contributed by atoms with Gasteiger partial charge >= 0.3 is 5.97 Å². The van der Waals surface area contributed by atoms with Crippen molar-refractivity contribution in [2.45, 2.75) is 33.1 Å². The third kappa shape index (κ3) is 1.84. The first-order chi connectivity index (χ1) is 9.87. The molecule has 3 fully saturated rings. The molecule has 0 aromatic heterocycles. The molecule has 0 radical (unpaired) electrons. The molecule has 3 saturated carbocycles. The van der Waals surface area contributed by atoms with Gasteiger partial charge in [0.25, 0.3) is 0 Å². The third-order valence-electron chi connectivity index (χ3n) is 5.21. The first-order valence-electron chi connectivity index (χ1n) is 7.08. The number of terminal acetylenes is 2. The molecule has 0 aliphatic heterocycles. The Morgan fingerprint density at radius 3 is 2.52 bits per heavy atom. The van der Waals surface area contributed by atoms with E-state index in [0.29, 0.717) is 6.42 Å². The van der Waals surface area contributed by atoms with Gasteiger partial charge in [0, 0.05) is 18.8 Å². The maximum Gasteiger partial charge on any atom is 0.324 e. The maximum absolute atomic E-state index is 13.0. The Bertz CT molecular complexity index is 597. The van der Waals surface area contributed by atoms with Crippen molar-refractivity contribution in [2.24, 2.45) is 22.7 Å². The minimum Gasteiger partial charge on any atom is -0.468 e. The van der Waals surface area contributed by atoms with E-state index in [9.17, 15) is 9.59 Å². The van der Waals surface area contributed by atoms with Crippen molar-refractivity contribution in [1.82, 2.24) is 0 Å². The van der Waals surface area contributed by atoms with Crippen molar-refractivity contribution in [3.05, 3.63) is 11.6 Å². The van der Waals surface area contributed by atoms with E-state index in [-0.39, 0.29) is 29.5 Å². The molecule has 0 N–H and O–H groups in total. The van der Waals surface area contributed by atoms with E-state index >= 15 is 0 Å². The van der Waals surface area contributed by atoms with E-state index < -0.39 is 11.4 Å². The van der Waals surface area contributed by atoms with Crippen LogP contribution < -0.4 is 0 Å². The molecular weight excluding hydrogens is 264 g/mol. The van der Waals surface area contributed by atoms with Gasteiger partial charge in [-0.3, -0.25) is 9.59 Å². The minimum atomic E-state index is -1.33. The third-order valence-corrected chi connectivity index (χ3v) is 5.21. The smallest absolute Gasteiger partial charge is 0.324 e. The normalized spacial score (nSPS) is 34.5. The number of rotatable bonds is 3. The van der Waals surface area contributed by atoms with Crippen molar-refractivity contribution in [1.29, 1.82) is 0 Å². The summed E-state index contributed by atoms with van der Waals surface area (Å²) in [5.74, 6) is 4.37. The monoisotopic (exact) mass is 284 g/mol. The fourth-order valence-corrected chi connectivity index (χ4v) is 3.93. The molecule has 3 aliphatic carbocycles. The van der Waals surface area contributed by atoms with Crippen molar-refractivity contribution in [3.8, 4) is 24.7 Å². The highest BCUT2D eigenvalue weighted by molar-refractivity contribution is 6.10. The maximum atomic E-state index is 13.0. The number of ketones is 1. The SMILES string of the molecule is C#CC/C=C1\[C@@H]2C[C@H](C(=O)[C@@]1(CC#C)C(=O)OC)C2(C)C. The molecule has 21 heavy (non-hydrogen) atoms. The summed E-state index contributed by atoms with van der Waals surface area (Å²) in [5, 5.41) is 0. The lowest BCUT2D eigenvalue weighted by atomic mass is 9.40. The van der Waals surface area contributed by atoms with Crippen LogP contribution in [0.5, 0.6) is 0 Å². The molecule has 110 valence electrons. The van der Waals surface area contributed by atoms with Crippen LogP contribution in [0.4, 0.5) is 0 Å². The highest BCUT2D eigenvalue weighted by atomic mass is 16.5. The van der Waals surface area contributed by atoms with Crippen LogP contribution in [-0.4, -0.2) is 18.9 Å². The molecule has 0 spiro atoms.